The van der Waals surface area contributed by atoms with Crippen LogP contribution in [0.15, 0.2) is 27.9 Å². The van der Waals surface area contributed by atoms with Gasteiger partial charge >= 0.3 is 0 Å². The predicted molar refractivity (Wildman–Crippen MR) is 96.4 cm³/mol. The third kappa shape index (κ3) is 3.07. The summed E-state index contributed by atoms with van der Waals surface area (Å²) in [7, 11) is 0. The summed E-state index contributed by atoms with van der Waals surface area (Å²) in [5.41, 5.74) is 1.89. The summed E-state index contributed by atoms with van der Waals surface area (Å²) in [6.07, 6.45) is 6.07. The molecule has 0 spiro atoms. The van der Waals surface area contributed by atoms with Gasteiger partial charge in [0.1, 0.15) is 0 Å². The molecule has 1 heterocycles. The second-order valence-corrected chi connectivity index (χ2v) is 7.97. The lowest BCUT2D eigenvalue weighted by Gasteiger charge is -2.19. The molecule has 1 unspecified atom stereocenters. The molecule has 0 saturated heterocycles. The number of H-pyrrole nitrogens is 1. The number of hydrogen-bond donors (Lipinski definition) is 1. The molecule has 1 atom stereocenters. The van der Waals surface area contributed by atoms with Gasteiger partial charge in [0.05, 0.1) is 0 Å². The minimum Gasteiger partial charge on any atom is -0.322 e. The quantitative estimate of drug-likeness (QED) is 0.773. The molecule has 1 fully saturated rings. The number of hydrogen-bond acceptors (Lipinski definition) is 2. The summed E-state index contributed by atoms with van der Waals surface area (Å²) in [5, 5.41) is 2.45. The highest BCUT2D eigenvalue weighted by molar-refractivity contribution is 8.00. The largest absolute Gasteiger partial charge is 0.322 e. The molecule has 22 heavy (non-hydrogen) atoms. The Morgan fingerprint density at radius 2 is 2.09 bits per heavy atom. The molecule has 1 aliphatic rings. The normalized spacial score (nSPS) is 17.2. The molecule has 1 N–H and O–H groups in total. The lowest BCUT2D eigenvalue weighted by atomic mass is 9.98. The SMILES string of the molecule is CCC(C)c1c(SC2CCCC2)c2cc(Cl)ccc2[nH]c1=O. The van der Waals surface area contributed by atoms with Gasteiger partial charge < -0.3 is 4.98 Å². The number of thioether (sulfide) groups is 1. The second kappa shape index (κ2) is 6.67. The smallest absolute Gasteiger partial charge is 0.253 e. The molecule has 118 valence electrons. The summed E-state index contributed by atoms with van der Waals surface area (Å²) in [5.74, 6) is 0.260. The van der Waals surface area contributed by atoms with E-state index in [2.05, 4.69) is 18.8 Å². The first kappa shape index (κ1) is 15.9. The van der Waals surface area contributed by atoms with Crippen molar-refractivity contribution in [3.8, 4) is 0 Å². The van der Waals surface area contributed by atoms with Crippen LogP contribution >= 0.6 is 23.4 Å². The van der Waals surface area contributed by atoms with Crippen LogP contribution in [0.2, 0.25) is 5.02 Å². The van der Waals surface area contributed by atoms with Gasteiger partial charge in [-0.25, -0.2) is 0 Å². The maximum Gasteiger partial charge on any atom is 0.253 e. The van der Waals surface area contributed by atoms with Crippen molar-refractivity contribution in [1.29, 1.82) is 0 Å². The third-order valence-electron chi connectivity index (χ3n) is 4.66. The predicted octanol–water partition coefficient (Wildman–Crippen LogP) is 5.73. The number of benzene rings is 1. The number of pyridine rings is 1. The number of aromatic amines is 1. The van der Waals surface area contributed by atoms with Crippen molar-refractivity contribution in [3.63, 3.8) is 0 Å². The number of aromatic nitrogens is 1. The Bertz CT molecular complexity index is 734. The van der Waals surface area contributed by atoms with Crippen LogP contribution in [0, 0.1) is 0 Å². The number of rotatable bonds is 4. The first-order chi connectivity index (χ1) is 10.6. The van der Waals surface area contributed by atoms with Gasteiger partial charge in [0.25, 0.3) is 5.56 Å². The van der Waals surface area contributed by atoms with E-state index in [0.29, 0.717) is 5.25 Å². The Morgan fingerprint density at radius 1 is 1.36 bits per heavy atom. The molecule has 0 radical (unpaired) electrons. The van der Waals surface area contributed by atoms with Crippen LogP contribution in [-0.2, 0) is 0 Å². The highest BCUT2D eigenvalue weighted by Crippen LogP contribution is 2.41. The van der Waals surface area contributed by atoms with E-state index in [1.807, 2.05) is 30.0 Å². The van der Waals surface area contributed by atoms with Crippen LogP contribution in [0.25, 0.3) is 10.9 Å². The third-order valence-corrected chi connectivity index (χ3v) is 6.37. The Morgan fingerprint density at radius 3 is 2.77 bits per heavy atom. The molecule has 0 amide bonds. The van der Waals surface area contributed by atoms with Crippen molar-refractivity contribution in [2.24, 2.45) is 0 Å². The van der Waals surface area contributed by atoms with Gasteiger partial charge in [0, 0.05) is 31.6 Å². The Kier molecular flexibility index (Phi) is 4.84. The van der Waals surface area contributed by atoms with Crippen LogP contribution in [-0.4, -0.2) is 10.2 Å². The van der Waals surface area contributed by atoms with Crippen molar-refractivity contribution < 1.29 is 0 Å². The first-order valence-corrected chi connectivity index (χ1v) is 9.38. The molecule has 1 aliphatic carbocycles. The minimum absolute atomic E-state index is 0.0599. The number of fused-ring (bicyclic) bond motifs is 1. The fourth-order valence-corrected chi connectivity index (χ4v) is 4.99. The van der Waals surface area contributed by atoms with Crippen LogP contribution in [0.5, 0.6) is 0 Å². The highest BCUT2D eigenvalue weighted by Gasteiger charge is 2.23. The summed E-state index contributed by atoms with van der Waals surface area (Å²) < 4.78 is 0. The molecule has 1 saturated carbocycles. The molecular weight excluding hydrogens is 314 g/mol. The lowest BCUT2D eigenvalue weighted by molar-refractivity contribution is 0.709. The van der Waals surface area contributed by atoms with Crippen molar-refractivity contribution in [2.75, 3.05) is 0 Å². The minimum atomic E-state index is 0.0599. The van der Waals surface area contributed by atoms with E-state index < -0.39 is 0 Å². The zero-order valence-electron chi connectivity index (χ0n) is 13.1. The molecule has 1 aromatic heterocycles. The Hall–Kier alpha value is -0.930. The van der Waals surface area contributed by atoms with Crippen LogP contribution < -0.4 is 5.56 Å². The van der Waals surface area contributed by atoms with Gasteiger partial charge in [-0.05, 0) is 43.4 Å². The molecule has 3 rings (SSSR count). The highest BCUT2D eigenvalue weighted by atomic mass is 35.5. The summed E-state index contributed by atoms with van der Waals surface area (Å²) in [4.78, 5) is 16.8. The second-order valence-electron chi connectivity index (χ2n) is 6.22. The number of halogens is 1. The first-order valence-electron chi connectivity index (χ1n) is 8.12. The van der Waals surface area contributed by atoms with E-state index >= 15 is 0 Å². The molecular formula is C18H22ClNOS. The van der Waals surface area contributed by atoms with Crippen LogP contribution in [0.1, 0.15) is 57.4 Å². The molecule has 0 bridgehead atoms. The molecule has 0 aliphatic heterocycles. The van der Waals surface area contributed by atoms with E-state index in [1.54, 1.807) is 0 Å². The summed E-state index contributed by atoms with van der Waals surface area (Å²) >= 11 is 8.11. The van der Waals surface area contributed by atoms with Crippen molar-refractivity contribution in [3.05, 3.63) is 39.1 Å². The Balaban J connectivity index is 2.21. The topological polar surface area (TPSA) is 32.9 Å². The average molecular weight is 336 g/mol. The van der Waals surface area contributed by atoms with Gasteiger partial charge in [-0.3, -0.25) is 4.79 Å². The molecule has 2 nitrogen and oxygen atoms in total. The zero-order valence-corrected chi connectivity index (χ0v) is 14.7. The molecule has 2 aromatic rings. The van der Waals surface area contributed by atoms with Crippen molar-refractivity contribution in [2.45, 2.75) is 62.0 Å². The van der Waals surface area contributed by atoms with Crippen LogP contribution in [0.3, 0.4) is 0 Å². The molecule has 4 heteroatoms. The van der Waals surface area contributed by atoms with E-state index in [9.17, 15) is 4.79 Å². The van der Waals surface area contributed by atoms with Gasteiger partial charge in [-0.15, -0.1) is 11.8 Å². The molecule has 1 aromatic carbocycles. The maximum atomic E-state index is 12.6. The van der Waals surface area contributed by atoms with Gasteiger partial charge in [-0.2, -0.15) is 0 Å². The number of nitrogens with one attached hydrogen (secondary N) is 1. The van der Waals surface area contributed by atoms with Gasteiger partial charge in [0.15, 0.2) is 0 Å². The summed E-state index contributed by atoms with van der Waals surface area (Å²) in [6.45, 7) is 4.27. The van der Waals surface area contributed by atoms with Gasteiger partial charge in [-0.1, -0.05) is 38.3 Å². The maximum absolute atomic E-state index is 12.6. The monoisotopic (exact) mass is 335 g/mol. The van der Waals surface area contributed by atoms with Crippen molar-refractivity contribution >= 4 is 34.3 Å². The van der Waals surface area contributed by atoms with E-state index in [1.165, 1.54) is 25.7 Å². The van der Waals surface area contributed by atoms with Gasteiger partial charge in [0.2, 0.25) is 0 Å². The van der Waals surface area contributed by atoms with Crippen LogP contribution in [0.4, 0.5) is 0 Å². The fourth-order valence-electron chi connectivity index (χ4n) is 3.20. The average Bonchev–Trinajstić information content (AvgIpc) is 3.00. The zero-order chi connectivity index (χ0) is 15.7. The van der Waals surface area contributed by atoms with Crippen molar-refractivity contribution in [1.82, 2.24) is 4.98 Å². The lowest BCUT2D eigenvalue weighted by Crippen LogP contribution is -2.17. The van der Waals surface area contributed by atoms with E-state index in [-0.39, 0.29) is 11.5 Å². The summed E-state index contributed by atoms with van der Waals surface area (Å²) in [6, 6.07) is 5.75. The Labute approximate surface area is 140 Å². The fraction of sp³-hybridized carbons (Fsp3) is 0.500. The standard InChI is InChI=1S/C18H22ClNOS/c1-3-11(2)16-17(22-13-6-4-5-7-13)14-10-12(19)8-9-15(14)20-18(16)21/h8-11,13H,3-7H2,1-2H3,(H,20,21). The van der Waals surface area contributed by atoms with E-state index in [0.717, 1.165) is 32.8 Å². The van der Waals surface area contributed by atoms with E-state index in [4.69, 9.17) is 11.6 Å².